The molecule has 3 saturated carbocycles. The molecule has 1 aromatic heterocycles. The molecule has 0 atom stereocenters. The second-order valence-corrected chi connectivity index (χ2v) is 3.75. The zero-order valence-electron chi connectivity index (χ0n) is 5.80. The van der Waals surface area contributed by atoms with Gasteiger partial charge in [-0.25, -0.2) is 0 Å². The molecule has 3 fully saturated rings. The third kappa shape index (κ3) is 0.376. The molecule has 4 rings (SSSR count). The molecule has 1 N–H and O–H groups in total. The van der Waals surface area contributed by atoms with Gasteiger partial charge in [0.25, 0.3) is 0 Å². The summed E-state index contributed by atoms with van der Waals surface area (Å²) in [7, 11) is 0. The minimum Gasteiger partial charge on any atom is -0.285 e. The molecule has 3 aliphatic rings. The molecule has 0 aliphatic heterocycles. The number of hydrogen-bond donors (Lipinski definition) is 1. The molecule has 52 valence electrons. The molecule has 0 aromatic carbocycles. The van der Waals surface area contributed by atoms with Gasteiger partial charge in [-0.1, -0.05) is 0 Å². The van der Waals surface area contributed by atoms with Gasteiger partial charge in [0, 0.05) is 6.20 Å². The highest BCUT2D eigenvalue weighted by Crippen LogP contribution is 2.64. The summed E-state index contributed by atoms with van der Waals surface area (Å²) in [5.41, 5.74) is 2.03. The van der Waals surface area contributed by atoms with Crippen LogP contribution in [0.15, 0.2) is 12.4 Å². The maximum atomic E-state index is 3.97. The van der Waals surface area contributed by atoms with Crippen molar-refractivity contribution < 1.29 is 0 Å². The molecule has 0 radical (unpaired) electrons. The first-order chi connectivity index (χ1) is 4.89. The van der Waals surface area contributed by atoms with Crippen molar-refractivity contribution in [3.8, 4) is 0 Å². The number of nitrogens with zero attached hydrogens (tertiary/aromatic N) is 1. The normalized spacial score (nSPS) is 42.2. The first-order valence-corrected chi connectivity index (χ1v) is 3.88. The van der Waals surface area contributed by atoms with Crippen LogP contribution < -0.4 is 0 Å². The zero-order chi connectivity index (χ0) is 6.60. The number of hydrogen-bond acceptors (Lipinski definition) is 1. The summed E-state index contributed by atoms with van der Waals surface area (Å²) in [5, 5.41) is 6.85. The SMILES string of the molecule is c1n[nH]cc1C12CC(C1)C2. The Morgan fingerprint density at radius 3 is 2.70 bits per heavy atom. The highest BCUT2D eigenvalue weighted by Gasteiger charge is 2.57. The molecule has 10 heavy (non-hydrogen) atoms. The van der Waals surface area contributed by atoms with E-state index in [2.05, 4.69) is 16.4 Å². The minimum atomic E-state index is 0.595. The van der Waals surface area contributed by atoms with Crippen molar-refractivity contribution in [2.75, 3.05) is 0 Å². The van der Waals surface area contributed by atoms with Crippen LogP contribution in [0, 0.1) is 5.92 Å². The number of rotatable bonds is 1. The number of aromatic nitrogens is 2. The molecule has 1 aromatic rings. The van der Waals surface area contributed by atoms with Gasteiger partial charge in [0.05, 0.1) is 6.20 Å². The maximum absolute atomic E-state index is 3.97. The molecule has 2 bridgehead atoms. The molecule has 0 unspecified atom stereocenters. The summed E-state index contributed by atoms with van der Waals surface area (Å²) in [6.07, 6.45) is 8.30. The van der Waals surface area contributed by atoms with Crippen LogP contribution in [0.1, 0.15) is 24.8 Å². The number of H-pyrrole nitrogens is 1. The predicted octanol–water partition coefficient (Wildman–Crippen LogP) is 1.46. The van der Waals surface area contributed by atoms with Gasteiger partial charge >= 0.3 is 0 Å². The lowest BCUT2D eigenvalue weighted by Gasteiger charge is -2.61. The third-order valence-electron chi connectivity index (χ3n) is 3.15. The van der Waals surface area contributed by atoms with E-state index in [4.69, 9.17) is 0 Å². The fourth-order valence-corrected chi connectivity index (χ4v) is 2.37. The van der Waals surface area contributed by atoms with Crippen LogP contribution in [0.5, 0.6) is 0 Å². The van der Waals surface area contributed by atoms with Gasteiger partial charge < -0.3 is 0 Å². The van der Waals surface area contributed by atoms with Gasteiger partial charge in [-0.15, -0.1) is 0 Å². The molecule has 2 heteroatoms. The summed E-state index contributed by atoms with van der Waals surface area (Å²) in [6, 6.07) is 0. The fraction of sp³-hybridized carbons (Fsp3) is 0.625. The third-order valence-corrected chi connectivity index (χ3v) is 3.15. The lowest BCUT2D eigenvalue weighted by molar-refractivity contribution is -0.0273. The Balaban J connectivity index is 2.01. The second kappa shape index (κ2) is 1.29. The van der Waals surface area contributed by atoms with E-state index in [0.717, 1.165) is 5.92 Å². The lowest BCUT2D eigenvalue weighted by Crippen LogP contribution is -2.54. The van der Waals surface area contributed by atoms with Gasteiger partial charge in [-0.2, -0.15) is 5.10 Å². The van der Waals surface area contributed by atoms with E-state index >= 15 is 0 Å². The van der Waals surface area contributed by atoms with E-state index in [0.29, 0.717) is 5.41 Å². The monoisotopic (exact) mass is 134 g/mol. The Kier molecular flexibility index (Phi) is 0.636. The Morgan fingerprint density at radius 1 is 1.50 bits per heavy atom. The predicted molar refractivity (Wildman–Crippen MR) is 37.6 cm³/mol. The van der Waals surface area contributed by atoms with E-state index in [9.17, 15) is 0 Å². The average Bonchev–Trinajstić information content (AvgIpc) is 2.06. The van der Waals surface area contributed by atoms with Crippen molar-refractivity contribution in [1.29, 1.82) is 0 Å². The first-order valence-electron chi connectivity index (χ1n) is 3.88. The van der Waals surface area contributed by atoms with Crippen LogP contribution >= 0.6 is 0 Å². The van der Waals surface area contributed by atoms with Crippen molar-refractivity contribution >= 4 is 0 Å². The largest absolute Gasteiger partial charge is 0.285 e. The first kappa shape index (κ1) is 4.94. The summed E-state index contributed by atoms with van der Waals surface area (Å²) < 4.78 is 0. The Bertz CT molecular complexity index is 233. The van der Waals surface area contributed by atoms with E-state index in [1.165, 1.54) is 24.8 Å². The Morgan fingerprint density at radius 2 is 2.30 bits per heavy atom. The molecule has 3 aliphatic carbocycles. The molecule has 1 heterocycles. The van der Waals surface area contributed by atoms with Crippen molar-refractivity contribution in [1.82, 2.24) is 10.2 Å². The quantitative estimate of drug-likeness (QED) is 0.619. The van der Waals surface area contributed by atoms with Crippen LogP contribution in [-0.2, 0) is 5.41 Å². The Hall–Kier alpha value is -0.790. The van der Waals surface area contributed by atoms with Crippen molar-refractivity contribution in [2.45, 2.75) is 24.7 Å². The van der Waals surface area contributed by atoms with Gasteiger partial charge in [0.15, 0.2) is 0 Å². The summed E-state index contributed by atoms with van der Waals surface area (Å²) in [6.45, 7) is 0. The van der Waals surface area contributed by atoms with Gasteiger partial charge in [0.1, 0.15) is 0 Å². The Labute approximate surface area is 59.6 Å². The van der Waals surface area contributed by atoms with Gasteiger partial charge in [-0.05, 0) is 36.2 Å². The zero-order valence-corrected chi connectivity index (χ0v) is 5.80. The van der Waals surface area contributed by atoms with E-state index in [1.807, 2.05) is 6.20 Å². The van der Waals surface area contributed by atoms with Crippen LogP contribution in [0.2, 0.25) is 0 Å². The van der Waals surface area contributed by atoms with E-state index in [-0.39, 0.29) is 0 Å². The van der Waals surface area contributed by atoms with Crippen LogP contribution in [-0.4, -0.2) is 10.2 Å². The summed E-state index contributed by atoms with van der Waals surface area (Å²) in [5.74, 6) is 1.06. The molecule has 2 nitrogen and oxygen atoms in total. The van der Waals surface area contributed by atoms with Crippen molar-refractivity contribution in [3.63, 3.8) is 0 Å². The lowest BCUT2D eigenvalue weighted by atomic mass is 9.42. The molecule has 0 saturated heterocycles. The van der Waals surface area contributed by atoms with Crippen molar-refractivity contribution in [3.05, 3.63) is 18.0 Å². The average molecular weight is 134 g/mol. The fourth-order valence-electron chi connectivity index (χ4n) is 2.37. The topological polar surface area (TPSA) is 28.7 Å². The second-order valence-electron chi connectivity index (χ2n) is 3.75. The van der Waals surface area contributed by atoms with Crippen molar-refractivity contribution in [2.24, 2.45) is 5.92 Å². The highest BCUT2D eigenvalue weighted by molar-refractivity contribution is 5.31. The minimum absolute atomic E-state index is 0.595. The van der Waals surface area contributed by atoms with E-state index in [1.54, 1.807) is 0 Å². The van der Waals surface area contributed by atoms with E-state index < -0.39 is 0 Å². The van der Waals surface area contributed by atoms with Gasteiger partial charge in [0.2, 0.25) is 0 Å². The number of aromatic amines is 1. The number of nitrogens with one attached hydrogen (secondary N) is 1. The maximum Gasteiger partial charge on any atom is 0.0524 e. The van der Waals surface area contributed by atoms with Crippen LogP contribution in [0.25, 0.3) is 0 Å². The highest BCUT2D eigenvalue weighted by atomic mass is 15.1. The molecular formula is C8H10N2. The van der Waals surface area contributed by atoms with Gasteiger partial charge in [-0.3, -0.25) is 5.10 Å². The smallest absolute Gasteiger partial charge is 0.0524 e. The summed E-state index contributed by atoms with van der Waals surface area (Å²) in [4.78, 5) is 0. The van der Waals surface area contributed by atoms with Crippen LogP contribution in [0.4, 0.5) is 0 Å². The van der Waals surface area contributed by atoms with Crippen LogP contribution in [0.3, 0.4) is 0 Å². The molecule has 0 spiro atoms. The standard InChI is InChI=1S/C8H10N2/c1-6-2-8(1,3-6)7-4-9-10-5-7/h4-6H,1-3H2,(H,9,10). The molecule has 0 amide bonds. The molecular weight excluding hydrogens is 124 g/mol. The summed E-state index contributed by atoms with van der Waals surface area (Å²) >= 11 is 0.